The smallest absolute Gasteiger partial charge is 0.311 e. The van der Waals surface area contributed by atoms with Gasteiger partial charge in [-0.05, 0) is 68.5 Å². The number of hydrogen-bond donors (Lipinski definition) is 0. The molecular weight excluding hydrogens is 556 g/mol. The van der Waals surface area contributed by atoms with Crippen LogP contribution in [0, 0.1) is 10.1 Å². The number of ether oxygens (including phenoxy) is 2. The van der Waals surface area contributed by atoms with Crippen LogP contribution in [0.4, 0.5) is 5.69 Å². The highest BCUT2D eigenvalue weighted by atomic mass is 32.1. The number of fused-ring (bicyclic) bond motifs is 1. The summed E-state index contributed by atoms with van der Waals surface area (Å²) in [6.07, 6.45) is 3.50. The Morgan fingerprint density at radius 2 is 1.69 bits per heavy atom. The molecule has 0 radical (unpaired) electrons. The molecule has 0 bridgehead atoms. The average molecular weight is 581 g/mol. The van der Waals surface area contributed by atoms with E-state index in [9.17, 15) is 14.9 Å². The maximum absolute atomic E-state index is 13.4. The molecule has 0 aliphatic heterocycles. The maximum Gasteiger partial charge on any atom is 0.311 e. The maximum atomic E-state index is 13.4. The standard InChI is InChI=1S/C30H24N6O5S/c1-3-40-23-13-10-19(11-14-23)28-31-30-35(33-28)29(37)26(42-30)17-21-18-34(22-8-6-5-7-9-22)32-27(21)20-12-15-25(41-4-2)24(16-20)36(38)39/h5-18H,3-4H2,1-2H3/b26-17-. The number of hydrogen-bond acceptors (Lipinski definition) is 9. The predicted molar refractivity (Wildman–Crippen MR) is 159 cm³/mol. The van der Waals surface area contributed by atoms with Gasteiger partial charge >= 0.3 is 5.69 Å². The zero-order chi connectivity index (χ0) is 29.2. The number of aromatic nitrogens is 5. The monoisotopic (exact) mass is 580 g/mol. The summed E-state index contributed by atoms with van der Waals surface area (Å²) >= 11 is 1.20. The third-order valence-corrected chi connectivity index (χ3v) is 7.34. The summed E-state index contributed by atoms with van der Waals surface area (Å²) in [7, 11) is 0. The zero-order valence-corrected chi connectivity index (χ0v) is 23.4. The van der Waals surface area contributed by atoms with Crippen LogP contribution in [0.5, 0.6) is 11.5 Å². The molecule has 3 aromatic heterocycles. The van der Waals surface area contributed by atoms with Gasteiger partial charge in [-0.1, -0.05) is 29.5 Å². The van der Waals surface area contributed by atoms with Crippen LogP contribution in [-0.2, 0) is 0 Å². The first-order valence-electron chi connectivity index (χ1n) is 13.2. The van der Waals surface area contributed by atoms with Gasteiger partial charge in [-0.25, -0.2) is 4.68 Å². The van der Waals surface area contributed by atoms with Crippen LogP contribution in [0.15, 0.2) is 83.8 Å². The largest absolute Gasteiger partial charge is 0.494 e. The lowest BCUT2D eigenvalue weighted by molar-refractivity contribution is -0.385. The molecule has 0 aliphatic carbocycles. The molecule has 0 saturated carbocycles. The minimum absolute atomic E-state index is 0.167. The zero-order valence-electron chi connectivity index (χ0n) is 22.6. The average Bonchev–Trinajstić information content (AvgIpc) is 3.69. The first-order valence-corrected chi connectivity index (χ1v) is 14.0. The van der Waals surface area contributed by atoms with E-state index in [1.807, 2.05) is 61.5 Å². The topological polar surface area (TPSA) is 127 Å². The van der Waals surface area contributed by atoms with Gasteiger partial charge in [0.15, 0.2) is 11.6 Å². The Labute approximate surface area is 243 Å². The van der Waals surface area contributed by atoms with Crippen LogP contribution in [0.3, 0.4) is 0 Å². The van der Waals surface area contributed by atoms with Crippen molar-refractivity contribution in [3.05, 3.63) is 110 Å². The van der Waals surface area contributed by atoms with Gasteiger partial charge in [0.2, 0.25) is 4.96 Å². The second-order valence-corrected chi connectivity index (χ2v) is 10.1. The number of nitro benzene ring substituents is 1. The molecule has 0 unspecified atom stereocenters. The van der Waals surface area contributed by atoms with E-state index >= 15 is 0 Å². The summed E-state index contributed by atoms with van der Waals surface area (Å²) in [5.41, 5.74) is 2.65. The van der Waals surface area contributed by atoms with Crippen molar-refractivity contribution in [1.82, 2.24) is 24.4 Å². The molecule has 11 nitrogen and oxygen atoms in total. The van der Waals surface area contributed by atoms with Gasteiger partial charge in [0, 0.05) is 29.0 Å². The quantitative estimate of drug-likeness (QED) is 0.174. The van der Waals surface area contributed by atoms with E-state index in [1.54, 1.807) is 36.0 Å². The SMILES string of the molecule is CCOc1ccc(-c2nc3s/c(=C\c4cn(-c5ccccc5)nc4-c4ccc(OCC)c([N+](=O)[O-])c4)c(=O)n3n2)cc1. The fourth-order valence-electron chi connectivity index (χ4n) is 4.48. The van der Waals surface area contributed by atoms with Crippen molar-refractivity contribution in [2.75, 3.05) is 13.2 Å². The molecule has 12 heteroatoms. The van der Waals surface area contributed by atoms with Crippen LogP contribution in [0.2, 0.25) is 0 Å². The van der Waals surface area contributed by atoms with E-state index in [1.165, 1.54) is 21.9 Å². The van der Waals surface area contributed by atoms with E-state index in [0.29, 0.717) is 45.4 Å². The summed E-state index contributed by atoms with van der Waals surface area (Å²) in [6.45, 7) is 4.54. The Kier molecular flexibility index (Phi) is 7.19. The fourth-order valence-corrected chi connectivity index (χ4v) is 5.38. The molecule has 0 aliphatic rings. The van der Waals surface area contributed by atoms with Crippen molar-refractivity contribution in [1.29, 1.82) is 0 Å². The molecule has 210 valence electrons. The van der Waals surface area contributed by atoms with E-state index < -0.39 is 4.92 Å². The van der Waals surface area contributed by atoms with Gasteiger partial charge in [-0.3, -0.25) is 14.9 Å². The molecule has 0 saturated heterocycles. The highest BCUT2D eigenvalue weighted by molar-refractivity contribution is 7.15. The minimum atomic E-state index is -0.482. The lowest BCUT2D eigenvalue weighted by atomic mass is 10.1. The van der Waals surface area contributed by atoms with Crippen LogP contribution < -0.4 is 19.6 Å². The van der Waals surface area contributed by atoms with E-state index in [4.69, 9.17) is 14.6 Å². The highest BCUT2D eigenvalue weighted by Crippen LogP contribution is 2.34. The number of nitrogens with zero attached hydrogens (tertiary/aromatic N) is 6. The van der Waals surface area contributed by atoms with Gasteiger partial charge in [0.25, 0.3) is 5.56 Å². The van der Waals surface area contributed by atoms with E-state index in [-0.39, 0.29) is 17.0 Å². The molecule has 0 spiro atoms. The van der Waals surface area contributed by atoms with Crippen molar-refractivity contribution < 1.29 is 14.4 Å². The number of benzene rings is 3. The summed E-state index contributed by atoms with van der Waals surface area (Å²) < 4.78 is 14.3. The molecule has 0 N–H and O–H groups in total. The van der Waals surface area contributed by atoms with Crippen molar-refractivity contribution in [3.63, 3.8) is 0 Å². The predicted octanol–water partition coefficient (Wildman–Crippen LogP) is 4.92. The number of para-hydroxylation sites is 1. The molecular formula is C30H24N6O5S. The second kappa shape index (κ2) is 11.3. The summed E-state index contributed by atoms with van der Waals surface area (Å²) in [4.78, 5) is 29.7. The van der Waals surface area contributed by atoms with E-state index in [0.717, 1.165) is 17.0 Å². The number of rotatable bonds is 9. The Balaban J connectivity index is 1.45. The first-order chi connectivity index (χ1) is 20.4. The molecule has 0 amide bonds. The molecule has 6 rings (SSSR count). The summed E-state index contributed by atoms with van der Waals surface area (Å²) in [5, 5.41) is 21.0. The molecule has 0 fully saturated rings. The third-order valence-electron chi connectivity index (χ3n) is 6.38. The lowest BCUT2D eigenvalue weighted by Crippen LogP contribution is -2.23. The molecule has 6 aromatic rings. The Morgan fingerprint density at radius 1 is 0.952 bits per heavy atom. The fraction of sp³-hybridized carbons (Fsp3) is 0.133. The number of nitro groups is 1. The van der Waals surface area contributed by atoms with Gasteiger partial charge in [-0.15, -0.1) is 5.10 Å². The summed E-state index contributed by atoms with van der Waals surface area (Å²) in [6, 6.07) is 21.6. The Morgan fingerprint density at radius 3 is 2.38 bits per heavy atom. The molecule has 42 heavy (non-hydrogen) atoms. The molecule has 3 aromatic carbocycles. The van der Waals surface area contributed by atoms with Gasteiger partial charge in [0.05, 0.1) is 28.4 Å². The molecule has 3 heterocycles. The first kappa shape index (κ1) is 26.8. The Hall–Kier alpha value is -5.36. The minimum Gasteiger partial charge on any atom is -0.494 e. The van der Waals surface area contributed by atoms with Gasteiger partial charge in [0.1, 0.15) is 11.4 Å². The lowest BCUT2D eigenvalue weighted by Gasteiger charge is -2.06. The normalized spacial score (nSPS) is 11.7. The van der Waals surface area contributed by atoms with Crippen LogP contribution in [0.1, 0.15) is 19.4 Å². The van der Waals surface area contributed by atoms with Crippen molar-refractivity contribution in [3.8, 4) is 39.8 Å². The van der Waals surface area contributed by atoms with Crippen molar-refractivity contribution >= 4 is 28.1 Å². The van der Waals surface area contributed by atoms with Crippen molar-refractivity contribution in [2.45, 2.75) is 13.8 Å². The third kappa shape index (κ3) is 5.10. The summed E-state index contributed by atoms with van der Waals surface area (Å²) in [5.74, 6) is 1.36. The molecule has 0 atom stereocenters. The van der Waals surface area contributed by atoms with E-state index in [2.05, 4.69) is 10.1 Å². The number of thiazole rings is 1. The Bertz CT molecular complexity index is 2020. The van der Waals surface area contributed by atoms with Crippen LogP contribution in [-0.4, -0.2) is 42.5 Å². The highest BCUT2D eigenvalue weighted by Gasteiger charge is 2.20. The van der Waals surface area contributed by atoms with Gasteiger partial charge in [-0.2, -0.15) is 14.6 Å². The van der Waals surface area contributed by atoms with Crippen molar-refractivity contribution in [2.24, 2.45) is 0 Å². The van der Waals surface area contributed by atoms with Crippen LogP contribution in [0.25, 0.3) is 39.4 Å². The second-order valence-electron chi connectivity index (χ2n) is 9.09. The van der Waals surface area contributed by atoms with Gasteiger partial charge < -0.3 is 9.47 Å². The van der Waals surface area contributed by atoms with Crippen LogP contribution >= 0.6 is 11.3 Å².